The molecule has 3 heterocycles. The summed E-state index contributed by atoms with van der Waals surface area (Å²) in [6.07, 6.45) is 7.29. The van der Waals surface area contributed by atoms with E-state index in [0.29, 0.717) is 17.2 Å². The fraction of sp³-hybridized carbons (Fsp3) is 0.696. The molecule has 1 aromatic carbocycles. The average molecular weight is 385 g/mol. The van der Waals surface area contributed by atoms with Crippen LogP contribution in [-0.4, -0.2) is 50.2 Å². The van der Waals surface area contributed by atoms with E-state index in [1.54, 1.807) is 21.1 Å². The van der Waals surface area contributed by atoms with Crippen LogP contribution < -0.4 is 14.4 Å². The molecule has 1 amide bonds. The van der Waals surface area contributed by atoms with Crippen LogP contribution in [0.1, 0.15) is 57.9 Å². The third-order valence-electron chi connectivity index (χ3n) is 8.49. The van der Waals surface area contributed by atoms with E-state index in [4.69, 9.17) is 9.47 Å². The summed E-state index contributed by atoms with van der Waals surface area (Å²) >= 11 is 0. The minimum atomic E-state index is 0.0231. The van der Waals surface area contributed by atoms with Gasteiger partial charge in [0.1, 0.15) is 0 Å². The molecule has 4 atom stereocenters. The Morgan fingerprint density at radius 1 is 1.18 bits per heavy atom. The van der Waals surface area contributed by atoms with Gasteiger partial charge in [-0.25, -0.2) is 0 Å². The van der Waals surface area contributed by atoms with Crippen LogP contribution in [0.15, 0.2) is 12.1 Å². The lowest BCUT2D eigenvalue weighted by atomic mass is 9.52. The zero-order valence-corrected chi connectivity index (χ0v) is 17.6. The molecule has 0 bridgehead atoms. The Hall–Kier alpha value is -1.75. The van der Waals surface area contributed by atoms with Crippen molar-refractivity contribution in [2.24, 2.45) is 5.41 Å². The molecule has 1 saturated carbocycles. The van der Waals surface area contributed by atoms with E-state index in [0.717, 1.165) is 30.8 Å². The third-order valence-corrected chi connectivity index (χ3v) is 8.49. The van der Waals surface area contributed by atoms with Gasteiger partial charge in [0.2, 0.25) is 5.91 Å². The number of hydrogen-bond acceptors (Lipinski definition) is 4. The zero-order chi connectivity index (χ0) is 19.7. The van der Waals surface area contributed by atoms with Gasteiger partial charge in [-0.15, -0.1) is 0 Å². The van der Waals surface area contributed by atoms with Gasteiger partial charge in [0, 0.05) is 24.4 Å². The largest absolute Gasteiger partial charge is 0.493 e. The molecular weight excluding hydrogens is 352 g/mol. The number of amides is 1. The van der Waals surface area contributed by atoms with Crippen molar-refractivity contribution in [1.82, 2.24) is 4.90 Å². The summed E-state index contributed by atoms with van der Waals surface area (Å²) in [5.74, 6) is 1.55. The van der Waals surface area contributed by atoms with Crippen LogP contribution in [0, 0.1) is 5.41 Å². The van der Waals surface area contributed by atoms with Gasteiger partial charge in [-0.3, -0.25) is 9.69 Å². The highest BCUT2D eigenvalue weighted by Gasteiger charge is 2.68. The van der Waals surface area contributed by atoms with E-state index >= 15 is 0 Å². The summed E-state index contributed by atoms with van der Waals surface area (Å²) in [4.78, 5) is 17.7. The summed E-state index contributed by atoms with van der Waals surface area (Å²) in [5, 5.41) is 0. The molecular formula is C23H32N2O3. The Labute approximate surface area is 168 Å². The van der Waals surface area contributed by atoms with Gasteiger partial charge >= 0.3 is 0 Å². The molecule has 4 aliphatic rings. The number of carbonyl (C=O) groups is 1. The van der Waals surface area contributed by atoms with Crippen molar-refractivity contribution in [2.75, 3.05) is 32.2 Å². The van der Waals surface area contributed by atoms with Crippen molar-refractivity contribution in [3.63, 3.8) is 0 Å². The number of fused-ring (bicyclic) bond motifs is 1. The van der Waals surface area contributed by atoms with Gasteiger partial charge in [-0.2, -0.15) is 0 Å². The molecule has 1 aliphatic carbocycles. The predicted octanol–water partition coefficient (Wildman–Crippen LogP) is 3.74. The van der Waals surface area contributed by atoms with Gasteiger partial charge in [-0.05, 0) is 68.7 Å². The van der Waals surface area contributed by atoms with Crippen molar-refractivity contribution in [3.05, 3.63) is 17.7 Å². The smallest absolute Gasteiger partial charge is 0.224 e. The van der Waals surface area contributed by atoms with Crippen LogP contribution in [0.2, 0.25) is 0 Å². The lowest BCUT2D eigenvalue weighted by molar-refractivity contribution is -0.118. The Morgan fingerprint density at radius 2 is 2.00 bits per heavy atom. The number of methoxy groups -OCH3 is 2. The standard InChI is InChI=1S/C23H32N2O3/c1-5-22-10-6-13-24-14-12-23(21(22)24)16-7-8-17(27-3)20(28-4)19(16)25(15(2)26)18(23)9-11-22/h7-8,18,21H,5-6,9-14H2,1-4H3/t18-,21-,22-,23-/m1/s1. The maximum absolute atomic E-state index is 12.9. The molecule has 28 heavy (non-hydrogen) atoms. The van der Waals surface area contributed by atoms with Gasteiger partial charge in [0.15, 0.2) is 11.5 Å². The van der Waals surface area contributed by atoms with Gasteiger partial charge in [-0.1, -0.05) is 13.0 Å². The molecule has 3 aliphatic heterocycles. The first-order chi connectivity index (χ1) is 13.5. The van der Waals surface area contributed by atoms with E-state index in [1.165, 1.54) is 37.8 Å². The quantitative estimate of drug-likeness (QED) is 0.796. The van der Waals surface area contributed by atoms with Crippen LogP contribution in [0.5, 0.6) is 11.5 Å². The first-order valence-corrected chi connectivity index (χ1v) is 10.8. The van der Waals surface area contributed by atoms with E-state index in [-0.39, 0.29) is 17.4 Å². The number of hydrogen-bond donors (Lipinski definition) is 0. The van der Waals surface area contributed by atoms with E-state index in [2.05, 4.69) is 22.8 Å². The molecule has 5 rings (SSSR count). The topological polar surface area (TPSA) is 42.0 Å². The summed E-state index contributed by atoms with van der Waals surface area (Å²) in [7, 11) is 3.36. The Bertz CT molecular complexity index is 824. The van der Waals surface area contributed by atoms with Crippen LogP contribution in [-0.2, 0) is 10.2 Å². The maximum Gasteiger partial charge on any atom is 0.224 e. The monoisotopic (exact) mass is 384 g/mol. The highest BCUT2D eigenvalue weighted by Crippen LogP contribution is 2.67. The number of ether oxygens (including phenoxy) is 2. The molecule has 2 saturated heterocycles. The molecule has 5 nitrogen and oxygen atoms in total. The molecule has 5 heteroatoms. The SMILES string of the molecule is CC[C@@]12CCCN3CC[C@]4(c5ccc(OC)c(OC)c5N(C(C)=O)[C@@H]4CC1)[C@H]32. The van der Waals surface area contributed by atoms with E-state index in [1.807, 2.05) is 6.07 Å². The van der Waals surface area contributed by atoms with Crippen molar-refractivity contribution in [1.29, 1.82) is 0 Å². The number of piperidine rings is 1. The first kappa shape index (κ1) is 18.3. The summed E-state index contributed by atoms with van der Waals surface area (Å²) in [6, 6.07) is 5.03. The van der Waals surface area contributed by atoms with Gasteiger partial charge in [0.05, 0.1) is 19.9 Å². The zero-order valence-electron chi connectivity index (χ0n) is 17.6. The number of rotatable bonds is 3. The second kappa shape index (κ2) is 6.12. The molecule has 0 radical (unpaired) electrons. The lowest BCUT2D eigenvalue weighted by Gasteiger charge is -2.58. The van der Waals surface area contributed by atoms with Crippen molar-refractivity contribution in [2.45, 2.75) is 69.9 Å². The second-order valence-corrected chi connectivity index (χ2v) is 9.19. The molecule has 3 fully saturated rings. The highest BCUT2D eigenvalue weighted by molar-refractivity contribution is 5.99. The maximum atomic E-state index is 12.9. The Morgan fingerprint density at radius 3 is 2.68 bits per heavy atom. The minimum absolute atomic E-state index is 0.0231. The van der Waals surface area contributed by atoms with Crippen LogP contribution in [0.3, 0.4) is 0 Å². The lowest BCUT2D eigenvalue weighted by Crippen LogP contribution is -2.65. The predicted molar refractivity (Wildman–Crippen MR) is 109 cm³/mol. The summed E-state index contributed by atoms with van der Waals surface area (Å²) < 4.78 is 11.4. The van der Waals surface area contributed by atoms with Crippen LogP contribution >= 0.6 is 0 Å². The van der Waals surface area contributed by atoms with Crippen molar-refractivity contribution >= 4 is 11.6 Å². The van der Waals surface area contributed by atoms with Gasteiger partial charge in [0.25, 0.3) is 0 Å². The fourth-order valence-corrected chi connectivity index (χ4v) is 7.58. The molecule has 0 aromatic heterocycles. The minimum Gasteiger partial charge on any atom is -0.493 e. The van der Waals surface area contributed by atoms with Crippen molar-refractivity contribution < 1.29 is 14.3 Å². The normalized spacial score (nSPS) is 35.9. The highest BCUT2D eigenvalue weighted by atomic mass is 16.5. The van der Waals surface area contributed by atoms with Crippen LogP contribution in [0.4, 0.5) is 5.69 Å². The molecule has 0 unspecified atom stereocenters. The third kappa shape index (κ3) is 1.99. The van der Waals surface area contributed by atoms with Crippen molar-refractivity contribution in [3.8, 4) is 11.5 Å². The van der Waals surface area contributed by atoms with Crippen LogP contribution in [0.25, 0.3) is 0 Å². The molecule has 0 N–H and O–H groups in total. The number of nitrogens with zero attached hydrogens (tertiary/aromatic N) is 2. The number of carbonyl (C=O) groups excluding carboxylic acids is 1. The Kier molecular flexibility index (Phi) is 4.00. The number of benzene rings is 1. The van der Waals surface area contributed by atoms with E-state index < -0.39 is 0 Å². The Balaban J connectivity index is 1.78. The first-order valence-electron chi connectivity index (χ1n) is 10.8. The summed E-state index contributed by atoms with van der Waals surface area (Å²) in [6.45, 7) is 6.42. The number of anilines is 1. The molecule has 1 aromatic rings. The fourth-order valence-electron chi connectivity index (χ4n) is 7.58. The second-order valence-electron chi connectivity index (χ2n) is 9.19. The molecule has 1 spiro atoms. The van der Waals surface area contributed by atoms with E-state index in [9.17, 15) is 4.79 Å². The summed E-state index contributed by atoms with van der Waals surface area (Å²) in [5.41, 5.74) is 2.69. The average Bonchev–Trinajstić information content (AvgIpc) is 3.25. The van der Waals surface area contributed by atoms with Gasteiger partial charge < -0.3 is 14.4 Å². The molecule has 152 valence electrons.